The maximum atomic E-state index is 12.1. The molecule has 2 saturated heterocycles. The van der Waals surface area contributed by atoms with Crippen molar-refractivity contribution in [3.8, 4) is 0 Å². The van der Waals surface area contributed by atoms with Crippen LogP contribution >= 0.6 is 0 Å². The van der Waals surface area contributed by atoms with Crippen molar-refractivity contribution in [1.29, 1.82) is 0 Å². The summed E-state index contributed by atoms with van der Waals surface area (Å²) in [4.78, 5) is 14.6. The predicted molar refractivity (Wildman–Crippen MR) is 94.1 cm³/mol. The van der Waals surface area contributed by atoms with Crippen LogP contribution in [0.5, 0.6) is 0 Å². The summed E-state index contributed by atoms with van der Waals surface area (Å²) in [5, 5.41) is 5.98. The minimum absolute atomic E-state index is 0.0958. The molecule has 0 saturated carbocycles. The average Bonchev–Trinajstić information content (AvgIpc) is 3.19. The SMILES string of the molecule is C[C@H](CCc1cccn1C)NC(=O)NC[C@@H]1CN2CCC[C@@H]2CO1. The Morgan fingerprint density at radius 1 is 1.50 bits per heavy atom. The number of ether oxygens (including phenoxy) is 1. The van der Waals surface area contributed by atoms with E-state index in [0.29, 0.717) is 12.6 Å². The third-order valence-corrected chi connectivity index (χ3v) is 5.21. The molecule has 2 N–H and O–H groups in total. The van der Waals surface area contributed by atoms with Gasteiger partial charge in [0.25, 0.3) is 0 Å². The van der Waals surface area contributed by atoms with E-state index >= 15 is 0 Å². The van der Waals surface area contributed by atoms with E-state index in [9.17, 15) is 4.79 Å². The van der Waals surface area contributed by atoms with Crippen molar-refractivity contribution in [3.63, 3.8) is 0 Å². The molecule has 0 bridgehead atoms. The molecule has 1 aromatic rings. The molecular formula is C18H30N4O2. The van der Waals surface area contributed by atoms with Crippen LogP contribution in [-0.2, 0) is 18.2 Å². The number of fused-ring (bicyclic) bond motifs is 1. The highest BCUT2D eigenvalue weighted by Crippen LogP contribution is 2.22. The first-order valence-corrected chi connectivity index (χ1v) is 9.12. The van der Waals surface area contributed by atoms with Crippen LogP contribution in [0.15, 0.2) is 18.3 Å². The van der Waals surface area contributed by atoms with Gasteiger partial charge in [0.2, 0.25) is 0 Å². The van der Waals surface area contributed by atoms with Gasteiger partial charge in [-0.25, -0.2) is 4.79 Å². The van der Waals surface area contributed by atoms with E-state index in [4.69, 9.17) is 4.74 Å². The van der Waals surface area contributed by atoms with Crippen LogP contribution in [0.3, 0.4) is 0 Å². The Morgan fingerprint density at radius 3 is 3.17 bits per heavy atom. The second-order valence-electron chi connectivity index (χ2n) is 7.15. The number of nitrogens with one attached hydrogen (secondary N) is 2. The molecule has 0 unspecified atom stereocenters. The number of morpholine rings is 1. The molecule has 2 amide bonds. The monoisotopic (exact) mass is 334 g/mol. The molecule has 0 radical (unpaired) electrons. The van der Waals surface area contributed by atoms with Crippen molar-refractivity contribution >= 4 is 6.03 Å². The predicted octanol–water partition coefficient (Wildman–Crippen LogP) is 1.51. The van der Waals surface area contributed by atoms with Crippen molar-refractivity contribution in [1.82, 2.24) is 20.1 Å². The maximum Gasteiger partial charge on any atom is 0.315 e. The maximum absolute atomic E-state index is 12.1. The summed E-state index contributed by atoms with van der Waals surface area (Å²) < 4.78 is 7.99. The van der Waals surface area contributed by atoms with E-state index < -0.39 is 0 Å². The minimum atomic E-state index is -0.0958. The first-order valence-electron chi connectivity index (χ1n) is 9.12. The molecule has 24 heavy (non-hydrogen) atoms. The number of urea groups is 1. The fourth-order valence-corrected chi connectivity index (χ4v) is 3.68. The summed E-state index contributed by atoms with van der Waals surface area (Å²) in [6, 6.07) is 4.83. The minimum Gasteiger partial charge on any atom is -0.373 e. The zero-order valence-electron chi connectivity index (χ0n) is 14.8. The van der Waals surface area contributed by atoms with Gasteiger partial charge in [-0.1, -0.05) is 0 Å². The summed E-state index contributed by atoms with van der Waals surface area (Å²) in [6.45, 7) is 5.55. The average molecular weight is 334 g/mol. The number of hydrogen-bond acceptors (Lipinski definition) is 3. The van der Waals surface area contributed by atoms with Gasteiger partial charge in [0.15, 0.2) is 0 Å². The van der Waals surface area contributed by atoms with E-state index in [2.05, 4.69) is 52.4 Å². The topological polar surface area (TPSA) is 58.5 Å². The van der Waals surface area contributed by atoms with Gasteiger partial charge in [0.1, 0.15) is 0 Å². The third kappa shape index (κ3) is 4.51. The molecule has 6 nitrogen and oxygen atoms in total. The smallest absolute Gasteiger partial charge is 0.315 e. The Bertz CT molecular complexity index is 545. The fraction of sp³-hybridized carbons (Fsp3) is 0.722. The van der Waals surface area contributed by atoms with E-state index in [-0.39, 0.29) is 18.2 Å². The summed E-state index contributed by atoms with van der Waals surface area (Å²) in [5.41, 5.74) is 1.29. The molecule has 3 rings (SSSR count). The molecule has 2 fully saturated rings. The van der Waals surface area contributed by atoms with Crippen molar-refractivity contribution in [2.24, 2.45) is 7.05 Å². The lowest BCUT2D eigenvalue weighted by molar-refractivity contribution is -0.0458. The molecule has 0 spiro atoms. The van der Waals surface area contributed by atoms with Crippen molar-refractivity contribution in [3.05, 3.63) is 24.0 Å². The van der Waals surface area contributed by atoms with Crippen LogP contribution in [0, 0.1) is 0 Å². The van der Waals surface area contributed by atoms with Crippen LogP contribution < -0.4 is 10.6 Å². The highest BCUT2D eigenvalue weighted by atomic mass is 16.5. The van der Waals surface area contributed by atoms with Crippen molar-refractivity contribution < 1.29 is 9.53 Å². The molecule has 3 atom stereocenters. The molecular weight excluding hydrogens is 304 g/mol. The zero-order chi connectivity index (χ0) is 16.9. The zero-order valence-corrected chi connectivity index (χ0v) is 14.8. The highest BCUT2D eigenvalue weighted by Gasteiger charge is 2.32. The van der Waals surface area contributed by atoms with Crippen LogP contribution in [0.2, 0.25) is 0 Å². The number of nitrogens with zero attached hydrogens (tertiary/aromatic N) is 2. The van der Waals surface area contributed by atoms with Crippen LogP contribution in [0.1, 0.15) is 31.9 Å². The summed E-state index contributed by atoms with van der Waals surface area (Å²) >= 11 is 0. The first-order chi connectivity index (χ1) is 11.6. The highest BCUT2D eigenvalue weighted by molar-refractivity contribution is 5.74. The Kier molecular flexibility index (Phi) is 5.79. The number of carbonyl (C=O) groups excluding carboxylic acids is 1. The first kappa shape index (κ1) is 17.3. The standard InChI is InChI=1S/C18H30N4O2/c1-14(7-8-15-5-3-9-21(15)2)20-18(23)19-11-17-12-22-10-4-6-16(22)13-24-17/h3,5,9,14,16-17H,4,6-8,10-13H2,1-2H3,(H2,19,20,23)/t14-,16-,17-/m1/s1. The molecule has 2 aliphatic heterocycles. The Balaban J connectivity index is 1.32. The summed E-state index contributed by atoms with van der Waals surface area (Å²) in [5.74, 6) is 0. The Morgan fingerprint density at radius 2 is 2.38 bits per heavy atom. The van der Waals surface area contributed by atoms with Gasteiger partial charge in [-0.05, 0) is 51.3 Å². The van der Waals surface area contributed by atoms with Gasteiger partial charge >= 0.3 is 6.03 Å². The quantitative estimate of drug-likeness (QED) is 0.829. The fourth-order valence-electron chi connectivity index (χ4n) is 3.68. The summed E-state index contributed by atoms with van der Waals surface area (Å²) in [7, 11) is 2.05. The molecule has 2 aliphatic rings. The number of aromatic nitrogens is 1. The number of rotatable bonds is 6. The number of aryl methyl sites for hydroxylation is 2. The second kappa shape index (κ2) is 8.03. The van der Waals surface area contributed by atoms with Crippen molar-refractivity contribution in [2.75, 3.05) is 26.2 Å². The Labute approximate surface area is 144 Å². The van der Waals surface area contributed by atoms with E-state index in [1.54, 1.807) is 0 Å². The lowest BCUT2D eigenvalue weighted by Gasteiger charge is -2.35. The van der Waals surface area contributed by atoms with Gasteiger partial charge in [-0.3, -0.25) is 4.90 Å². The van der Waals surface area contributed by atoms with Gasteiger partial charge < -0.3 is 19.9 Å². The Hall–Kier alpha value is -1.53. The van der Waals surface area contributed by atoms with Crippen LogP contribution in [0.25, 0.3) is 0 Å². The number of hydrogen-bond donors (Lipinski definition) is 2. The molecule has 6 heteroatoms. The van der Waals surface area contributed by atoms with Gasteiger partial charge in [-0.15, -0.1) is 0 Å². The summed E-state index contributed by atoms with van der Waals surface area (Å²) in [6.07, 6.45) is 6.58. The molecule has 0 aromatic carbocycles. The molecule has 1 aromatic heterocycles. The van der Waals surface area contributed by atoms with E-state index in [1.807, 2.05) is 0 Å². The van der Waals surface area contributed by atoms with E-state index in [1.165, 1.54) is 25.1 Å². The van der Waals surface area contributed by atoms with Crippen LogP contribution in [0.4, 0.5) is 4.79 Å². The van der Waals surface area contributed by atoms with Crippen molar-refractivity contribution in [2.45, 2.75) is 50.8 Å². The van der Waals surface area contributed by atoms with Gasteiger partial charge in [0, 0.05) is 44.1 Å². The third-order valence-electron chi connectivity index (χ3n) is 5.21. The number of carbonyl (C=O) groups is 1. The van der Waals surface area contributed by atoms with Gasteiger partial charge in [-0.2, -0.15) is 0 Å². The molecule has 3 heterocycles. The second-order valence-corrected chi connectivity index (χ2v) is 7.15. The van der Waals surface area contributed by atoms with E-state index in [0.717, 1.165) is 26.0 Å². The largest absolute Gasteiger partial charge is 0.373 e. The molecule has 0 aliphatic carbocycles. The van der Waals surface area contributed by atoms with Crippen LogP contribution in [-0.4, -0.2) is 59.9 Å². The lowest BCUT2D eigenvalue weighted by atomic mass is 10.1. The molecule has 134 valence electrons. The number of amides is 2. The lowest BCUT2D eigenvalue weighted by Crippen LogP contribution is -2.51. The normalized spacial score (nSPS) is 25.2. The van der Waals surface area contributed by atoms with Gasteiger partial charge in [0.05, 0.1) is 12.7 Å².